The highest BCUT2D eigenvalue weighted by Crippen LogP contribution is 2.44. The minimum absolute atomic E-state index is 0.0911. The Labute approximate surface area is 134 Å². The summed E-state index contributed by atoms with van der Waals surface area (Å²) in [5, 5.41) is 8.95. The second kappa shape index (κ2) is 6.71. The maximum Gasteiger partial charge on any atom is 0.323 e. The molecule has 1 aliphatic heterocycles. The fraction of sp³-hybridized carbons (Fsp3) is 0.278. The van der Waals surface area contributed by atoms with Crippen molar-refractivity contribution in [1.29, 1.82) is 0 Å². The van der Waals surface area contributed by atoms with Crippen molar-refractivity contribution >= 4 is 5.97 Å². The molecular formula is C18H18O5. The van der Waals surface area contributed by atoms with Crippen LogP contribution in [0.4, 0.5) is 0 Å². The third-order valence-corrected chi connectivity index (χ3v) is 3.63. The molecule has 1 N–H and O–H groups in total. The predicted octanol–water partition coefficient (Wildman–Crippen LogP) is 2.51. The van der Waals surface area contributed by atoms with Crippen LogP contribution in [0.3, 0.4) is 0 Å². The van der Waals surface area contributed by atoms with Crippen LogP contribution in [0.25, 0.3) is 0 Å². The van der Waals surface area contributed by atoms with Gasteiger partial charge in [-0.2, -0.15) is 0 Å². The number of aliphatic hydroxyl groups is 1. The summed E-state index contributed by atoms with van der Waals surface area (Å²) in [6.45, 7) is 2.59. The van der Waals surface area contributed by atoms with Gasteiger partial charge in [-0.3, -0.25) is 4.79 Å². The Kier molecular flexibility index (Phi) is 4.48. The van der Waals surface area contributed by atoms with E-state index in [0.717, 1.165) is 11.3 Å². The molecule has 0 aliphatic carbocycles. The largest absolute Gasteiger partial charge is 0.494 e. The van der Waals surface area contributed by atoms with E-state index < -0.39 is 5.92 Å². The van der Waals surface area contributed by atoms with Crippen molar-refractivity contribution in [3.05, 3.63) is 53.6 Å². The Morgan fingerprint density at radius 3 is 2.61 bits per heavy atom. The molecule has 5 nitrogen and oxygen atoms in total. The van der Waals surface area contributed by atoms with E-state index in [1.807, 2.05) is 31.2 Å². The minimum atomic E-state index is -0.532. The molecule has 0 saturated heterocycles. The van der Waals surface area contributed by atoms with Crippen LogP contribution in [0.1, 0.15) is 24.0 Å². The molecule has 2 aromatic carbocycles. The molecule has 0 amide bonds. The van der Waals surface area contributed by atoms with Gasteiger partial charge < -0.3 is 19.3 Å². The van der Waals surface area contributed by atoms with Crippen molar-refractivity contribution in [3.8, 4) is 17.2 Å². The average Bonchev–Trinajstić information content (AvgIpc) is 2.90. The molecule has 0 spiro atoms. The zero-order valence-electron chi connectivity index (χ0n) is 12.8. The van der Waals surface area contributed by atoms with Crippen LogP contribution < -0.4 is 14.2 Å². The summed E-state index contributed by atoms with van der Waals surface area (Å²) < 4.78 is 16.3. The highest BCUT2D eigenvalue weighted by molar-refractivity contribution is 5.90. The molecule has 1 aliphatic rings. The fourth-order valence-electron chi connectivity index (χ4n) is 2.69. The van der Waals surface area contributed by atoms with E-state index in [2.05, 4.69) is 0 Å². The third-order valence-electron chi connectivity index (χ3n) is 3.63. The summed E-state index contributed by atoms with van der Waals surface area (Å²) in [6, 6.07) is 12.7. The summed E-state index contributed by atoms with van der Waals surface area (Å²) in [4.78, 5) is 12.3. The number of fused-ring (bicyclic) bond motifs is 1. The van der Waals surface area contributed by atoms with Crippen LogP contribution >= 0.6 is 0 Å². The van der Waals surface area contributed by atoms with Gasteiger partial charge in [-0.1, -0.05) is 18.2 Å². The lowest BCUT2D eigenvalue weighted by Crippen LogP contribution is -2.12. The third kappa shape index (κ3) is 3.00. The Balaban J connectivity index is 1.97. The number of ether oxygens (including phenoxy) is 3. The Morgan fingerprint density at radius 2 is 1.91 bits per heavy atom. The first kappa shape index (κ1) is 15.4. The summed E-state index contributed by atoms with van der Waals surface area (Å²) in [7, 11) is 0. The molecule has 0 aromatic heterocycles. The number of aliphatic hydroxyl groups excluding tert-OH is 1. The maximum absolute atomic E-state index is 12.3. The zero-order chi connectivity index (χ0) is 16.2. The minimum Gasteiger partial charge on any atom is -0.494 e. The normalized spacial score (nSPS) is 15.9. The SMILES string of the molecule is CCOc1ccc(C2C(=O)Oc3cccc(OCCO)c32)cc1. The number of hydrogen-bond donors (Lipinski definition) is 1. The molecule has 0 fully saturated rings. The van der Waals surface area contributed by atoms with Crippen LogP contribution in [-0.4, -0.2) is 30.9 Å². The first-order valence-electron chi connectivity index (χ1n) is 7.55. The standard InChI is InChI=1S/C18H18O5/c1-2-21-13-8-6-12(7-9-13)16-17-14(22-11-10-19)4-3-5-15(17)23-18(16)20/h3-9,16,19H,2,10-11H2,1H3. The first-order valence-corrected chi connectivity index (χ1v) is 7.55. The van der Waals surface area contributed by atoms with E-state index in [1.165, 1.54) is 0 Å². The van der Waals surface area contributed by atoms with Crippen LogP contribution in [0.2, 0.25) is 0 Å². The maximum atomic E-state index is 12.3. The highest BCUT2D eigenvalue weighted by atomic mass is 16.5. The lowest BCUT2D eigenvalue weighted by molar-refractivity contribution is -0.133. The van der Waals surface area contributed by atoms with Crippen molar-refractivity contribution in [2.45, 2.75) is 12.8 Å². The van der Waals surface area contributed by atoms with Gasteiger partial charge in [0.05, 0.1) is 18.8 Å². The molecule has 0 bridgehead atoms. The Hall–Kier alpha value is -2.53. The molecule has 120 valence electrons. The number of esters is 1. The van der Waals surface area contributed by atoms with E-state index >= 15 is 0 Å². The smallest absolute Gasteiger partial charge is 0.323 e. The van der Waals surface area contributed by atoms with Gasteiger partial charge in [0.1, 0.15) is 29.8 Å². The Morgan fingerprint density at radius 1 is 1.13 bits per heavy atom. The molecule has 2 aromatic rings. The second-order valence-electron chi connectivity index (χ2n) is 5.10. The fourth-order valence-corrected chi connectivity index (χ4v) is 2.69. The van der Waals surface area contributed by atoms with Crippen LogP contribution in [-0.2, 0) is 4.79 Å². The summed E-state index contributed by atoms with van der Waals surface area (Å²) in [5.41, 5.74) is 1.52. The van der Waals surface area contributed by atoms with Crippen molar-refractivity contribution in [3.63, 3.8) is 0 Å². The van der Waals surface area contributed by atoms with Crippen LogP contribution in [0, 0.1) is 0 Å². The predicted molar refractivity (Wildman–Crippen MR) is 84.1 cm³/mol. The van der Waals surface area contributed by atoms with Gasteiger partial charge in [-0.05, 0) is 36.8 Å². The monoisotopic (exact) mass is 314 g/mol. The topological polar surface area (TPSA) is 65.0 Å². The molecule has 1 atom stereocenters. The van der Waals surface area contributed by atoms with Gasteiger partial charge in [0.15, 0.2) is 0 Å². The van der Waals surface area contributed by atoms with Crippen molar-refractivity contribution in [1.82, 2.24) is 0 Å². The van der Waals surface area contributed by atoms with Gasteiger partial charge in [0, 0.05) is 0 Å². The summed E-state index contributed by atoms with van der Waals surface area (Å²) in [5.74, 6) is 0.957. The van der Waals surface area contributed by atoms with Crippen LogP contribution in [0.15, 0.2) is 42.5 Å². The molecule has 1 heterocycles. The highest BCUT2D eigenvalue weighted by Gasteiger charge is 2.37. The molecule has 3 rings (SSSR count). The van der Waals surface area contributed by atoms with E-state index in [9.17, 15) is 4.79 Å². The summed E-state index contributed by atoms with van der Waals surface area (Å²) >= 11 is 0. The molecule has 5 heteroatoms. The molecule has 0 radical (unpaired) electrons. The van der Waals surface area contributed by atoms with Crippen molar-refractivity contribution in [2.75, 3.05) is 19.8 Å². The zero-order valence-corrected chi connectivity index (χ0v) is 12.8. The van der Waals surface area contributed by atoms with Gasteiger partial charge in [-0.15, -0.1) is 0 Å². The lowest BCUT2D eigenvalue weighted by Gasteiger charge is -2.13. The van der Waals surface area contributed by atoms with Crippen molar-refractivity contribution < 1.29 is 24.1 Å². The van der Waals surface area contributed by atoms with E-state index in [4.69, 9.17) is 19.3 Å². The van der Waals surface area contributed by atoms with Gasteiger partial charge in [-0.25, -0.2) is 0 Å². The van der Waals surface area contributed by atoms with Crippen molar-refractivity contribution in [2.24, 2.45) is 0 Å². The number of rotatable bonds is 6. The number of hydrogen-bond acceptors (Lipinski definition) is 5. The number of carbonyl (C=O) groups excluding carboxylic acids is 1. The summed E-state index contributed by atoms with van der Waals surface area (Å²) in [6.07, 6.45) is 0. The quantitative estimate of drug-likeness (QED) is 0.655. The number of benzene rings is 2. The average molecular weight is 314 g/mol. The Bertz CT molecular complexity index is 693. The molecule has 23 heavy (non-hydrogen) atoms. The molecular weight excluding hydrogens is 296 g/mol. The van der Waals surface area contributed by atoms with E-state index in [0.29, 0.717) is 23.7 Å². The molecule has 0 saturated carbocycles. The van der Waals surface area contributed by atoms with E-state index in [1.54, 1.807) is 18.2 Å². The van der Waals surface area contributed by atoms with Gasteiger partial charge in [0.25, 0.3) is 0 Å². The van der Waals surface area contributed by atoms with E-state index in [-0.39, 0.29) is 19.2 Å². The molecule has 1 unspecified atom stereocenters. The second-order valence-corrected chi connectivity index (χ2v) is 5.10. The first-order chi connectivity index (χ1) is 11.2. The van der Waals surface area contributed by atoms with Gasteiger partial charge in [0.2, 0.25) is 0 Å². The van der Waals surface area contributed by atoms with Crippen LogP contribution in [0.5, 0.6) is 17.2 Å². The lowest BCUT2D eigenvalue weighted by atomic mass is 9.92. The number of carbonyl (C=O) groups is 1. The van der Waals surface area contributed by atoms with Gasteiger partial charge >= 0.3 is 5.97 Å².